The second-order valence-corrected chi connectivity index (χ2v) is 11.6. The number of H-pyrrole nitrogens is 1. The minimum absolute atomic E-state index is 0.0346. The number of carbonyl (C=O) groups is 3. The minimum atomic E-state index is -1.03. The molecule has 0 aliphatic heterocycles. The fourth-order valence-electron chi connectivity index (χ4n) is 4.41. The predicted molar refractivity (Wildman–Crippen MR) is 143 cm³/mol. The minimum Gasteiger partial charge on any atom is -0.478 e. The number of aromatic nitrogens is 1. The Hall–Kier alpha value is -3.13. The quantitative estimate of drug-likeness (QED) is 0.391. The molecular formula is C28H42N4O4. The molecule has 1 aromatic carbocycles. The number of likely N-dealkylation sites (N-methyl/N-ethyl adjacent to an activating group) is 1. The van der Waals surface area contributed by atoms with E-state index in [9.17, 15) is 19.5 Å². The Bertz CT molecular complexity index is 1140. The number of rotatable bonds is 9. The summed E-state index contributed by atoms with van der Waals surface area (Å²) >= 11 is 0. The first-order valence-corrected chi connectivity index (χ1v) is 12.3. The van der Waals surface area contributed by atoms with E-state index in [0.29, 0.717) is 0 Å². The van der Waals surface area contributed by atoms with Gasteiger partial charge >= 0.3 is 5.97 Å². The SMILES string of the molecule is C/C(=C\[C@H](C(C)C)N(C)C(=O)[C@@H](NC(=O)[C@@H](N)C(C)(C)c1c[nH]c2ccccc12)C(C)(C)C)C(=O)O. The van der Waals surface area contributed by atoms with Crippen molar-refractivity contribution in [1.82, 2.24) is 15.2 Å². The maximum atomic E-state index is 13.7. The molecule has 0 fully saturated rings. The van der Waals surface area contributed by atoms with Crippen molar-refractivity contribution in [3.8, 4) is 0 Å². The van der Waals surface area contributed by atoms with Gasteiger partial charge in [0, 0.05) is 35.1 Å². The molecule has 198 valence electrons. The van der Waals surface area contributed by atoms with E-state index in [-0.39, 0.29) is 17.4 Å². The van der Waals surface area contributed by atoms with Gasteiger partial charge in [-0.15, -0.1) is 0 Å². The van der Waals surface area contributed by atoms with Crippen LogP contribution in [0, 0.1) is 11.3 Å². The maximum absolute atomic E-state index is 13.7. The van der Waals surface area contributed by atoms with Crippen LogP contribution in [0.25, 0.3) is 10.9 Å². The van der Waals surface area contributed by atoms with Crippen LogP contribution < -0.4 is 11.1 Å². The highest BCUT2D eigenvalue weighted by atomic mass is 16.4. The summed E-state index contributed by atoms with van der Waals surface area (Å²) in [4.78, 5) is 43.3. The zero-order valence-electron chi connectivity index (χ0n) is 23.0. The summed E-state index contributed by atoms with van der Waals surface area (Å²) in [5.41, 5.74) is 7.24. The molecular weight excluding hydrogens is 456 g/mol. The van der Waals surface area contributed by atoms with Gasteiger partial charge in [0.25, 0.3) is 0 Å². The Morgan fingerprint density at radius 1 is 1.11 bits per heavy atom. The van der Waals surface area contributed by atoms with Crippen LogP contribution in [0.3, 0.4) is 0 Å². The van der Waals surface area contributed by atoms with Gasteiger partial charge in [0.05, 0.1) is 12.1 Å². The number of benzene rings is 1. The van der Waals surface area contributed by atoms with Crippen LogP contribution in [0.1, 0.15) is 61.0 Å². The van der Waals surface area contributed by atoms with E-state index >= 15 is 0 Å². The van der Waals surface area contributed by atoms with E-state index in [0.717, 1.165) is 16.5 Å². The molecule has 0 unspecified atom stereocenters. The molecule has 3 atom stereocenters. The van der Waals surface area contributed by atoms with E-state index in [1.807, 2.05) is 78.9 Å². The van der Waals surface area contributed by atoms with Gasteiger partial charge in [-0.2, -0.15) is 0 Å². The number of fused-ring (bicyclic) bond motifs is 1. The lowest BCUT2D eigenvalue weighted by Crippen LogP contribution is -2.61. The summed E-state index contributed by atoms with van der Waals surface area (Å²) in [6.07, 6.45) is 3.46. The van der Waals surface area contributed by atoms with E-state index in [1.165, 1.54) is 11.8 Å². The highest BCUT2D eigenvalue weighted by Crippen LogP contribution is 2.33. The molecule has 2 rings (SSSR count). The number of aromatic amines is 1. The Kier molecular flexibility index (Phi) is 8.78. The summed E-state index contributed by atoms with van der Waals surface area (Å²) in [6.45, 7) is 14.8. The van der Waals surface area contributed by atoms with Gasteiger partial charge in [-0.1, -0.05) is 72.7 Å². The molecule has 1 aromatic heterocycles. The lowest BCUT2D eigenvalue weighted by Gasteiger charge is -2.39. The van der Waals surface area contributed by atoms with Crippen molar-refractivity contribution in [2.45, 2.75) is 78.9 Å². The number of nitrogens with one attached hydrogen (secondary N) is 2. The molecule has 0 bridgehead atoms. The van der Waals surface area contributed by atoms with Crippen LogP contribution in [-0.2, 0) is 19.8 Å². The maximum Gasteiger partial charge on any atom is 0.331 e. The largest absolute Gasteiger partial charge is 0.478 e. The molecule has 5 N–H and O–H groups in total. The highest BCUT2D eigenvalue weighted by molar-refractivity contribution is 5.93. The van der Waals surface area contributed by atoms with E-state index < -0.39 is 40.8 Å². The second-order valence-electron chi connectivity index (χ2n) is 11.6. The molecule has 2 amide bonds. The topological polar surface area (TPSA) is 129 Å². The number of nitrogens with two attached hydrogens (primary N) is 1. The normalized spacial score (nSPS) is 15.5. The monoisotopic (exact) mass is 498 g/mol. The number of hydrogen-bond donors (Lipinski definition) is 4. The zero-order chi connectivity index (χ0) is 27.6. The molecule has 0 aliphatic rings. The lowest BCUT2D eigenvalue weighted by molar-refractivity contribution is -0.140. The molecule has 2 aromatic rings. The molecule has 0 aliphatic carbocycles. The van der Waals surface area contributed by atoms with Crippen molar-refractivity contribution in [2.24, 2.45) is 17.1 Å². The second kappa shape index (κ2) is 10.9. The van der Waals surface area contributed by atoms with E-state index in [4.69, 9.17) is 5.73 Å². The van der Waals surface area contributed by atoms with Gasteiger partial charge in [-0.05, 0) is 29.9 Å². The van der Waals surface area contributed by atoms with Crippen LogP contribution in [0.2, 0.25) is 0 Å². The van der Waals surface area contributed by atoms with Crippen LogP contribution in [-0.4, -0.2) is 57.9 Å². The summed E-state index contributed by atoms with van der Waals surface area (Å²) in [5, 5.41) is 13.2. The average molecular weight is 499 g/mol. The van der Waals surface area contributed by atoms with Crippen LogP contribution >= 0.6 is 0 Å². The molecule has 36 heavy (non-hydrogen) atoms. The summed E-state index contributed by atoms with van der Waals surface area (Å²) in [7, 11) is 1.64. The van der Waals surface area contributed by atoms with Gasteiger partial charge in [0.1, 0.15) is 6.04 Å². The number of para-hydroxylation sites is 1. The number of hydrogen-bond acceptors (Lipinski definition) is 4. The first-order chi connectivity index (χ1) is 16.5. The molecule has 0 saturated carbocycles. The standard InChI is InChI=1S/C28H42N4O4/c1-16(2)21(14-17(3)26(35)36)32(9)25(34)23(27(4,5)6)31-24(33)22(29)28(7,8)19-15-30-20-13-11-10-12-18(19)20/h10-16,21-23,30H,29H2,1-9H3,(H,31,33)(H,35,36)/b17-14+/t21-,22-,23-/m1/s1. The predicted octanol–water partition coefficient (Wildman–Crippen LogP) is 3.82. The lowest BCUT2D eigenvalue weighted by atomic mass is 9.77. The van der Waals surface area contributed by atoms with Gasteiger partial charge in [-0.3, -0.25) is 9.59 Å². The van der Waals surface area contributed by atoms with Gasteiger partial charge in [0.2, 0.25) is 11.8 Å². The molecule has 1 heterocycles. The van der Waals surface area contributed by atoms with Crippen LogP contribution in [0.4, 0.5) is 0 Å². The average Bonchev–Trinajstić information content (AvgIpc) is 3.23. The number of amides is 2. The van der Waals surface area contributed by atoms with E-state index in [2.05, 4.69) is 10.3 Å². The third kappa shape index (κ3) is 6.16. The molecule has 0 spiro atoms. The van der Waals surface area contributed by atoms with Crippen molar-refractivity contribution in [1.29, 1.82) is 0 Å². The fourth-order valence-corrected chi connectivity index (χ4v) is 4.41. The summed E-state index contributed by atoms with van der Waals surface area (Å²) < 4.78 is 0. The molecule has 0 saturated heterocycles. The van der Waals surface area contributed by atoms with Gasteiger partial charge in [0.15, 0.2) is 0 Å². The Morgan fingerprint density at radius 3 is 2.22 bits per heavy atom. The Morgan fingerprint density at radius 2 is 1.69 bits per heavy atom. The third-order valence-corrected chi connectivity index (χ3v) is 6.98. The zero-order valence-corrected chi connectivity index (χ0v) is 23.0. The highest BCUT2D eigenvalue weighted by Gasteiger charge is 2.41. The first-order valence-electron chi connectivity index (χ1n) is 12.3. The smallest absolute Gasteiger partial charge is 0.331 e. The number of aliphatic carboxylic acids is 1. The number of carboxylic acid groups (broad SMARTS) is 1. The third-order valence-electron chi connectivity index (χ3n) is 6.98. The van der Waals surface area contributed by atoms with E-state index in [1.54, 1.807) is 13.1 Å². The van der Waals surface area contributed by atoms with Crippen molar-refractivity contribution < 1.29 is 19.5 Å². The first kappa shape index (κ1) is 29.1. The van der Waals surface area contributed by atoms with Crippen molar-refractivity contribution in [2.75, 3.05) is 7.05 Å². The number of nitrogens with zero attached hydrogens (tertiary/aromatic N) is 1. The van der Waals surface area contributed by atoms with Crippen molar-refractivity contribution >= 4 is 28.7 Å². The molecule has 8 heteroatoms. The van der Waals surface area contributed by atoms with Crippen LogP contribution in [0.5, 0.6) is 0 Å². The molecule has 8 nitrogen and oxygen atoms in total. The Labute approximate surface area is 214 Å². The Balaban J connectivity index is 2.34. The number of carboxylic acids is 1. The van der Waals surface area contributed by atoms with Crippen LogP contribution in [0.15, 0.2) is 42.1 Å². The number of carbonyl (C=O) groups excluding carboxylic acids is 2. The summed E-state index contributed by atoms with van der Waals surface area (Å²) in [6, 6.07) is 5.60. The van der Waals surface area contributed by atoms with Crippen molar-refractivity contribution in [3.05, 3.63) is 47.7 Å². The van der Waals surface area contributed by atoms with Crippen molar-refractivity contribution in [3.63, 3.8) is 0 Å². The summed E-state index contributed by atoms with van der Waals surface area (Å²) in [5.74, 6) is -1.80. The van der Waals surface area contributed by atoms with Gasteiger partial charge in [-0.25, -0.2) is 4.79 Å². The van der Waals surface area contributed by atoms with Gasteiger partial charge < -0.3 is 26.0 Å². The fraction of sp³-hybridized carbons (Fsp3) is 0.536. The molecule has 0 radical (unpaired) electrons.